The summed E-state index contributed by atoms with van der Waals surface area (Å²) in [6, 6.07) is 11.4. The van der Waals surface area contributed by atoms with Gasteiger partial charge in [0.15, 0.2) is 0 Å². The Morgan fingerprint density at radius 2 is 1.57 bits per heavy atom. The summed E-state index contributed by atoms with van der Waals surface area (Å²) in [4.78, 5) is 13.3. The van der Waals surface area contributed by atoms with Crippen LogP contribution in [0.4, 0.5) is 13.2 Å². The van der Waals surface area contributed by atoms with E-state index in [0.29, 0.717) is 35.1 Å². The van der Waals surface area contributed by atoms with Crippen LogP contribution in [-0.2, 0) is 22.1 Å². The van der Waals surface area contributed by atoms with Crippen LogP contribution >= 0.6 is 0 Å². The molecule has 0 amide bonds. The predicted molar refractivity (Wildman–Crippen MR) is 172 cm³/mol. The van der Waals surface area contributed by atoms with Gasteiger partial charge < -0.3 is 13.9 Å². The Hall–Kier alpha value is -2.96. The van der Waals surface area contributed by atoms with Crippen LogP contribution in [0.15, 0.2) is 46.9 Å². The summed E-state index contributed by atoms with van der Waals surface area (Å²) in [5, 5.41) is 0.682. The molecule has 44 heavy (non-hydrogen) atoms. The third kappa shape index (κ3) is 10.0. The fraction of sp³-hybridized carbons (Fsp3) is 0.595. The van der Waals surface area contributed by atoms with Crippen molar-refractivity contribution in [3.8, 4) is 17.1 Å². The van der Waals surface area contributed by atoms with Crippen molar-refractivity contribution in [2.75, 3.05) is 0 Å². The molecule has 0 aliphatic carbocycles. The molecule has 0 fully saturated rings. The van der Waals surface area contributed by atoms with E-state index in [-0.39, 0.29) is 40.1 Å². The molecule has 0 aliphatic heterocycles. The average Bonchev–Trinajstić information content (AvgIpc) is 3.28. The maximum Gasteiger partial charge on any atom is 0.417 e. The van der Waals surface area contributed by atoms with E-state index >= 15 is 0 Å². The minimum absolute atomic E-state index is 0.0200. The first-order chi connectivity index (χ1) is 20.2. The second-order valence-electron chi connectivity index (χ2n) is 15.1. The SMILES string of the molecule is CCCCCc1ccc(-c2cc3ccc(OC(C)CC(C)(C)OC(=O)C(CC(C)(C)C)C(C)(C)C)cc3o2)c(C(F)(F)F)c1. The highest BCUT2D eigenvalue weighted by Gasteiger charge is 2.39. The zero-order chi connectivity index (χ0) is 33.1. The number of benzene rings is 2. The number of carbonyl (C=O) groups excluding carboxylic acids is 1. The van der Waals surface area contributed by atoms with E-state index in [2.05, 4.69) is 48.5 Å². The molecule has 2 aromatic carbocycles. The maximum atomic E-state index is 14.1. The molecule has 0 saturated heterocycles. The van der Waals surface area contributed by atoms with Crippen molar-refractivity contribution in [2.24, 2.45) is 16.7 Å². The molecule has 3 aromatic rings. The Bertz CT molecular complexity index is 1400. The van der Waals surface area contributed by atoms with Crippen molar-refractivity contribution in [1.82, 2.24) is 0 Å². The number of furan rings is 1. The molecule has 7 heteroatoms. The molecule has 3 rings (SSSR count). The van der Waals surface area contributed by atoms with Gasteiger partial charge in [-0.05, 0) is 80.7 Å². The summed E-state index contributed by atoms with van der Waals surface area (Å²) in [6.45, 7) is 20.3. The van der Waals surface area contributed by atoms with Crippen molar-refractivity contribution in [2.45, 2.75) is 126 Å². The minimum Gasteiger partial charge on any atom is -0.490 e. The first kappa shape index (κ1) is 35.5. The highest BCUT2D eigenvalue weighted by atomic mass is 19.4. The van der Waals surface area contributed by atoms with Crippen LogP contribution < -0.4 is 4.74 Å². The monoisotopic (exact) mass is 616 g/mol. The smallest absolute Gasteiger partial charge is 0.417 e. The van der Waals surface area contributed by atoms with E-state index in [1.165, 1.54) is 12.1 Å². The van der Waals surface area contributed by atoms with E-state index in [1.54, 1.807) is 30.3 Å². The van der Waals surface area contributed by atoms with Crippen LogP contribution in [0.2, 0.25) is 0 Å². The summed E-state index contributed by atoms with van der Waals surface area (Å²) in [7, 11) is 0. The van der Waals surface area contributed by atoms with Crippen LogP contribution in [-0.4, -0.2) is 17.7 Å². The summed E-state index contributed by atoms with van der Waals surface area (Å²) in [5.41, 5.74) is -0.587. The lowest BCUT2D eigenvalue weighted by Crippen LogP contribution is -2.40. The number of fused-ring (bicyclic) bond motifs is 1. The molecule has 244 valence electrons. The number of ether oxygens (including phenoxy) is 2. The van der Waals surface area contributed by atoms with E-state index < -0.39 is 17.3 Å². The molecule has 0 radical (unpaired) electrons. The summed E-state index contributed by atoms with van der Waals surface area (Å²) < 4.78 is 60.4. The number of unbranched alkanes of at least 4 members (excludes halogenated alkanes) is 2. The van der Waals surface area contributed by atoms with Gasteiger partial charge in [0.05, 0.1) is 17.6 Å². The number of aryl methyl sites for hydroxylation is 1. The number of rotatable bonds is 12. The standard InChI is InChI=1S/C37H51F3O4/c1-11-12-13-14-25-15-18-28(29(19-25)37(38,39)40)32-20-26-16-17-27(21-31(26)43-32)42-24(2)22-36(9,10)44-33(41)30(35(6,7)8)23-34(3,4)5/h15-21,24,30H,11-14,22-23H2,1-10H3. The van der Waals surface area contributed by atoms with Gasteiger partial charge in [0, 0.05) is 23.4 Å². The maximum absolute atomic E-state index is 14.1. The van der Waals surface area contributed by atoms with Crippen LogP contribution in [0.1, 0.15) is 112 Å². The molecule has 4 nitrogen and oxygen atoms in total. The number of esters is 1. The van der Waals surface area contributed by atoms with Crippen LogP contribution in [0.25, 0.3) is 22.3 Å². The first-order valence-corrected chi connectivity index (χ1v) is 15.8. The molecule has 0 spiro atoms. The predicted octanol–water partition coefficient (Wildman–Crippen LogP) is 11.4. The second-order valence-corrected chi connectivity index (χ2v) is 15.1. The van der Waals surface area contributed by atoms with E-state index in [1.807, 2.05) is 20.8 Å². The fourth-order valence-corrected chi connectivity index (χ4v) is 5.70. The van der Waals surface area contributed by atoms with Gasteiger partial charge in [0.25, 0.3) is 0 Å². The van der Waals surface area contributed by atoms with Crippen molar-refractivity contribution >= 4 is 16.9 Å². The normalized spacial score (nSPS) is 14.5. The van der Waals surface area contributed by atoms with Gasteiger partial charge in [-0.1, -0.05) is 73.4 Å². The molecule has 2 atom stereocenters. The largest absolute Gasteiger partial charge is 0.490 e. The van der Waals surface area contributed by atoms with Gasteiger partial charge in [-0.15, -0.1) is 0 Å². The first-order valence-electron chi connectivity index (χ1n) is 15.8. The van der Waals surface area contributed by atoms with E-state index in [9.17, 15) is 18.0 Å². The van der Waals surface area contributed by atoms with Crippen molar-refractivity contribution in [3.05, 3.63) is 53.6 Å². The zero-order valence-electron chi connectivity index (χ0n) is 28.2. The summed E-state index contributed by atoms with van der Waals surface area (Å²) >= 11 is 0. The second kappa shape index (κ2) is 13.6. The highest BCUT2D eigenvalue weighted by Crippen LogP contribution is 2.41. The lowest BCUT2D eigenvalue weighted by atomic mass is 9.72. The molecule has 0 aliphatic rings. The summed E-state index contributed by atoms with van der Waals surface area (Å²) in [6.07, 6.45) is -0.190. The zero-order valence-corrected chi connectivity index (χ0v) is 28.2. The lowest BCUT2D eigenvalue weighted by Gasteiger charge is -2.37. The highest BCUT2D eigenvalue weighted by molar-refractivity contribution is 5.84. The molecule has 0 bridgehead atoms. The van der Waals surface area contributed by atoms with Gasteiger partial charge in [-0.3, -0.25) is 4.79 Å². The Morgan fingerprint density at radius 3 is 2.16 bits per heavy atom. The van der Waals surface area contributed by atoms with Gasteiger partial charge in [0.2, 0.25) is 0 Å². The summed E-state index contributed by atoms with van der Waals surface area (Å²) in [5.74, 6) is 0.232. The molecular formula is C37H51F3O4. The van der Waals surface area contributed by atoms with Crippen LogP contribution in [0.5, 0.6) is 5.75 Å². The van der Waals surface area contributed by atoms with E-state index in [0.717, 1.165) is 25.7 Å². The molecule has 2 unspecified atom stereocenters. The number of carbonyl (C=O) groups is 1. The van der Waals surface area contributed by atoms with Gasteiger partial charge in [-0.25, -0.2) is 0 Å². The minimum atomic E-state index is -4.51. The molecule has 1 heterocycles. The van der Waals surface area contributed by atoms with Gasteiger partial charge in [0.1, 0.15) is 22.7 Å². The number of halogens is 3. The Kier molecular flexibility index (Phi) is 11.0. The van der Waals surface area contributed by atoms with Crippen LogP contribution in [0, 0.1) is 16.7 Å². The van der Waals surface area contributed by atoms with Crippen molar-refractivity contribution < 1.29 is 31.9 Å². The molecular weight excluding hydrogens is 565 g/mol. The Morgan fingerprint density at radius 1 is 0.886 bits per heavy atom. The topological polar surface area (TPSA) is 48.7 Å². The molecule has 1 aromatic heterocycles. The third-order valence-corrected chi connectivity index (χ3v) is 7.85. The number of hydrogen-bond donors (Lipinski definition) is 0. The molecule has 0 N–H and O–H groups in total. The van der Waals surface area contributed by atoms with Gasteiger partial charge in [-0.2, -0.15) is 13.2 Å². The van der Waals surface area contributed by atoms with Gasteiger partial charge >= 0.3 is 12.1 Å². The molecule has 0 saturated carbocycles. The fourth-order valence-electron chi connectivity index (χ4n) is 5.70. The third-order valence-electron chi connectivity index (χ3n) is 7.85. The van der Waals surface area contributed by atoms with Crippen LogP contribution in [0.3, 0.4) is 0 Å². The quantitative estimate of drug-likeness (QED) is 0.150. The number of hydrogen-bond acceptors (Lipinski definition) is 4. The average molecular weight is 617 g/mol. The lowest BCUT2D eigenvalue weighted by molar-refractivity contribution is -0.169. The van der Waals surface area contributed by atoms with Crippen molar-refractivity contribution in [1.29, 1.82) is 0 Å². The van der Waals surface area contributed by atoms with Crippen molar-refractivity contribution in [3.63, 3.8) is 0 Å². The Balaban J connectivity index is 1.75. The Labute approximate surface area is 261 Å². The number of alkyl halides is 3. The van der Waals surface area contributed by atoms with E-state index in [4.69, 9.17) is 13.9 Å².